The molecular weight excluding hydrogens is 1290 g/mol. The molecule has 0 rings (SSSR count). The summed E-state index contributed by atoms with van der Waals surface area (Å²) >= 11 is 0. The fourth-order valence-electron chi connectivity index (χ4n) is 12.3. The summed E-state index contributed by atoms with van der Waals surface area (Å²) in [6, 6.07) is 0. The van der Waals surface area contributed by atoms with Crippen LogP contribution in [-0.2, 0) is 65.4 Å². The number of aliphatic hydroxyl groups excluding tert-OH is 1. The van der Waals surface area contributed by atoms with E-state index in [1.807, 2.05) is 0 Å². The first-order valence-electron chi connectivity index (χ1n) is 41.4. The van der Waals surface area contributed by atoms with Crippen LogP contribution in [0.25, 0.3) is 0 Å². The van der Waals surface area contributed by atoms with Crippen LogP contribution in [0.3, 0.4) is 0 Å². The molecule has 99 heavy (non-hydrogen) atoms. The summed E-state index contributed by atoms with van der Waals surface area (Å²) in [5.74, 6) is 0.221. The van der Waals surface area contributed by atoms with Gasteiger partial charge in [0.1, 0.15) is 19.3 Å². The van der Waals surface area contributed by atoms with Crippen molar-refractivity contribution in [3.8, 4) is 0 Å². The number of hydrogen-bond acceptors (Lipinski definition) is 15. The van der Waals surface area contributed by atoms with Crippen LogP contribution in [0.4, 0.5) is 0 Å². The smallest absolute Gasteiger partial charge is 0.462 e. The van der Waals surface area contributed by atoms with Gasteiger partial charge < -0.3 is 33.8 Å². The minimum atomic E-state index is -4.96. The molecule has 17 nitrogen and oxygen atoms in total. The Hall–Kier alpha value is -1.94. The van der Waals surface area contributed by atoms with Crippen LogP contribution in [0, 0.1) is 17.8 Å². The van der Waals surface area contributed by atoms with Gasteiger partial charge in [0.15, 0.2) is 12.2 Å². The van der Waals surface area contributed by atoms with Crippen LogP contribution < -0.4 is 0 Å². The molecule has 0 spiro atoms. The van der Waals surface area contributed by atoms with E-state index >= 15 is 0 Å². The molecule has 0 saturated carbocycles. The highest BCUT2D eigenvalue weighted by Crippen LogP contribution is 2.45. The third-order valence-electron chi connectivity index (χ3n) is 19.0. The number of aliphatic hydroxyl groups is 1. The fraction of sp³-hybridized carbons (Fsp3) is 0.950. The van der Waals surface area contributed by atoms with Crippen molar-refractivity contribution in [3.63, 3.8) is 0 Å². The summed E-state index contributed by atoms with van der Waals surface area (Å²) in [5, 5.41) is 10.6. The summed E-state index contributed by atoms with van der Waals surface area (Å²) in [5.41, 5.74) is 0. The van der Waals surface area contributed by atoms with E-state index in [0.717, 1.165) is 108 Å². The van der Waals surface area contributed by atoms with Gasteiger partial charge in [-0.2, -0.15) is 0 Å². The summed E-state index contributed by atoms with van der Waals surface area (Å²) in [7, 11) is -9.92. The minimum Gasteiger partial charge on any atom is -0.462 e. The molecule has 0 aromatic rings. The van der Waals surface area contributed by atoms with Gasteiger partial charge in [-0.15, -0.1) is 0 Å². The average Bonchev–Trinajstić information content (AvgIpc) is 1.01. The van der Waals surface area contributed by atoms with Crippen LogP contribution in [0.1, 0.15) is 414 Å². The largest absolute Gasteiger partial charge is 0.472 e. The van der Waals surface area contributed by atoms with Crippen LogP contribution in [0.5, 0.6) is 0 Å². The number of rotatable bonds is 78. The normalized spacial score (nSPS) is 14.3. The first kappa shape index (κ1) is 97.1. The minimum absolute atomic E-state index is 0.106. The number of hydrogen-bond donors (Lipinski definition) is 3. The molecule has 6 atom stereocenters. The zero-order valence-corrected chi connectivity index (χ0v) is 66.8. The Morgan fingerprint density at radius 2 is 0.515 bits per heavy atom. The number of ether oxygens (including phenoxy) is 4. The van der Waals surface area contributed by atoms with Gasteiger partial charge in [0.25, 0.3) is 0 Å². The standard InChI is InChI=1S/C80H156O17P2/c1-8-10-11-12-13-14-15-16-17-18-19-20-21-24-35-42-49-56-63-79(84)96-75(67-90-77(82)61-54-47-40-33-25-22-23-30-37-44-51-58-71(3)4)69-94-98(86,87)92-65-74(81)66-93-99(88,89)95-70-76(68-91-78(83)62-55-48-41-34-28-26-31-38-45-52-59-72(5)6)97-80(85)64-57-50-43-36-29-27-32-39-46-53-60-73(7)9-2/h71-76,81H,8-70H2,1-7H3,(H,86,87)(H,88,89)/t73?,74-,75-,76-/m1/s1. The van der Waals surface area contributed by atoms with E-state index in [1.165, 1.54) is 225 Å². The van der Waals surface area contributed by atoms with E-state index in [0.29, 0.717) is 25.7 Å². The maximum Gasteiger partial charge on any atom is 0.472 e. The topological polar surface area (TPSA) is 237 Å². The quantitative estimate of drug-likeness (QED) is 0.0222. The summed E-state index contributed by atoms with van der Waals surface area (Å²) in [6.45, 7) is 12.0. The first-order chi connectivity index (χ1) is 47.8. The summed E-state index contributed by atoms with van der Waals surface area (Å²) in [4.78, 5) is 73.0. The summed E-state index contributed by atoms with van der Waals surface area (Å²) in [6.07, 6.45) is 58.1. The molecule has 0 heterocycles. The molecule has 0 aromatic heterocycles. The lowest BCUT2D eigenvalue weighted by Crippen LogP contribution is -2.30. The molecule has 0 saturated heterocycles. The highest BCUT2D eigenvalue weighted by molar-refractivity contribution is 7.47. The molecule has 0 aromatic carbocycles. The number of carbonyl (C=O) groups is 4. The molecule has 0 fully saturated rings. The third kappa shape index (κ3) is 72.8. The number of phosphoric ester groups is 2. The van der Waals surface area contributed by atoms with Gasteiger partial charge in [-0.3, -0.25) is 37.3 Å². The molecule has 0 radical (unpaired) electrons. The van der Waals surface area contributed by atoms with Gasteiger partial charge >= 0.3 is 39.5 Å². The Morgan fingerprint density at radius 3 is 0.768 bits per heavy atom. The second-order valence-corrected chi connectivity index (χ2v) is 32.9. The molecule has 0 aliphatic carbocycles. The van der Waals surface area contributed by atoms with E-state index in [2.05, 4.69) is 48.5 Å². The molecule has 0 amide bonds. The zero-order valence-electron chi connectivity index (χ0n) is 65.0. The SMILES string of the molecule is CCCCCCCCCCCCCCCCCCCCC(=O)O[C@H](COC(=O)CCCCCCCCCCCCCC(C)C)COP(=O)(O)OC[C@@H](O)COP(=O)(O)OC[C@@H](COC(=O)CCCCCCCCCCCCC(C)C)OC(=O)CCCCCCCCCCCCC(C)CC. The van der Waals surface area contributed by atoms with Crippen molar-refractivity contribution in [2.24, 2.45) is 17.8 Å². The van der Waals surface area contributed by atoms with Crippen LogP contribution in [-0.4, -0.2) is 96.7 Å². The number of phosphoric acid groups is 2. The van der Waals surface area contributed by atoms with Crippen molar-refractivity contribution in [2.45, 2.75) is 433 Å². The van der Waals surface area contributed by atoms with Crippen molar-refractivity contribution < 1.29 is 80.2 Å². The predicted molar refractivity (Wildman–Crippen MR) is 405 cm³/mol. The van der Waals surface area contributed by atoms with Crippen molar-refractivity contribution in [1.29, 1.82) is 0 Å². The van der Waals surface area contributed by atoms with Crippen LogP contribution in [0.15, 0.2) is 0 Å². The van der Waals surface area contributed by atoms with E-state index in [1.54, 1.807) is 0 Å². The van der Waals surface area contributed by atoms with Crippen molar-refractivity contribution in [3.05, 3.63) is 0 Å². The Labute approximate surface area is 607 Å². The molecule has 0 bridgehead atoms. The van der Waals surface area contributed by atoms with Crippen LogP contribution >= 0.6 is 15.6 Å². The lowest BCUT2D eigenvalue weighted by molar-refractivity contribution is -0.161. The van der Waals surface area contributed by atoms with Crippen LogP contribution in [0.2, 0.25) is 0 Å². The highest BCUT2D eigenvalue weighted by atomic mass is 31.2. The van der Waals surface area contributed by atoms with E-state index in [9.17, 15) is 43.2 Å². The molecule has 3 N–H and O–H groups in total. The Kier molecular flexibility index (Phi) is 69.0. The lowest BCUT2D eigenvalue weighted by atomic mass is 9.99. The van der Waals surface area contributed by atoms with Crippen molar-refractivity contribution >= 4 is 39.5 Å². The molecule has 3 unspecified atom stereocenters. The molecule has 0 aliphatic heterocycles. The third-order valence-corrected chi connectivity index (χ3v) is 20.9. The highest BCUT2D eigenvalue weighted by Gasteiger charge is 2.30. The van der Waals surface area contributed by atoms with E-state index < -0.39 is 97.5 Å². The second kappa shape index (κ2) is 70.4. The Morgan fingerprint density at radius 1 is 0.293 bits per heavy atom. The number of carbonyl (C=O) groups excluding carboxylic acids is 4. The Balaban J connectivity index is 5.27. The second-order valence-electron chi connectivity index (χ2n) is 30.0. The molecule has 588 valence electrons. The first-order valence-corrected chi connectivity index (χ1v) is 44.4. The number of unbranched alkanes of at least 4 members (excludes halogenated alkanes) is 45. The van der Waals surface area contributed by atoms with Crippen molar-refractivity contribution in [2.75, 3.05) is 39.6 Å². The lowest BCUT2D eigenvalue weighted by Gasteiger charge is -2.21. The van der Waals surface area contributed by atoms with Crippen molar-refractivity contribution in [1.82, 2.24) is 0 Å². The monoisotopic (exact) mass is 1450 g/mol. The fourth-order valence-corrected chi connectivity index (χ4v) is 13.9. The maximum atomic E-state index is 13.1. The van der Waals surface area contributed by atoms with E-state index in [4.69, 9.17) is 37.0 Å². The average molecular weight is 1450 g/mol. The Bertz CT molecular complexity index is 1920. The molecule has 19 heteroatoms. The maximum absolute atomic E-state index is 13.1. The van der Waals surface area contributed by atoms with Gasteiger partial charge in [0.2, 0.25) is 0 Å². The van der Waals surface area contributed by atoms with Gasteiger partial charge in [-0.1, -0.05) is 363 Å². The van der Waals surface area contributed by atoms with Gasteiger partial charge in [-0.25, -0.2) is 9.13 Å². The molecule has 0 aliphatic rings. The zero-order chi connectivity index (χ0) is 73.0. The van der Waals surface area contributed by atoms with Gasteiger partial charge in [0, 0.05) is 25.7 Å². The number of esters is 4. The summed E-state index contributed by atoms with van der Waals surface area (Å²) < 4.78 is 68.7. The van der Waals surface area contributed by atoms with Gasteiger partial charge in [0.05, 0.1) is 26.4 Å². The molecular formula is C80H156O17P2. The predicted octanol–water partition coefficient (Wildman–Crippen LogP) is 23.7. The van der Waals surface area contributed by atoms with Gasteiger partial charge in [-0.05, 0) is 43.4 Å². The van der Waals surface area contributed by atoms with E-state index in [-0.39, 0.29) is 25.7 Å².